The van der Waals surface area contributed by atoms with Gasteiger partial charge in [0.15, 0.2) is 11.5 Å². The highest BCUT2D eigenvalue weighted by molar-refractivity contribution is 5.72. The highest BCUT2D eigenvalue weighted by Gasteiger charge is 2.21. The largest absolute Gasteiger partial charge is 0.441 e. The van der Waals surface area contributed by atoms with E-state index in [-0.39, 0.29) is 0 Å². The lowest BCUT2D eigenvalue weighted by molar-refractivity contribution is 0.208. The SMILES string of the molecule is CC(C)N(CCCc1nc2ccccc2o1)Cc1ccc(N2CCC[C@H]2C)nc1. The van der Waals surface area contributed by atoms with Gasteiger partial charge in [0.05, 0.1) is 0 Å². The van der Waals surface area contributed by atoms with Gasteiger partial charge in [-0.3, -0.25) is 4.90 Å². The Morgan fingerprint density at radius 3 is 2.76 bits per heavy atom. The highest BCUT2D eigenvalue weighted by atomic mass is 16.3. The molecule has 3 heterocycles. The summed E-state index contributed by atoms with van der Waals surface area (Å²) in [7, 11) is 0. The molecule has 0 N–H and O–H groups in total. The predicted octanol–water partition coefficient (Wildman–Crippen LogP) is 5.05. The molecule has 0 unspecified atom stereocenters. The third-order valence-electron chi connectivity index (χ3n) is 5.95. The molecule has 0 radical (unpaired) electrons. The molecular weight excluding hydrogens is 360 g/mol. The molecule has 3 aromatic rings. The van der Waals surface area contributed by atoms with Crippen LogP contribution >= 0.6 is 0 Å². The molecule has 5 heteroatoms. The van der Waals surface area contributed by atoms with Crippen LogP contribution in [0.25, 0.3) is 11.1 Å². The third-order valence-corrected chi connectivity index (χ3v) is 5.95. The molecule has 0 saturated carbocycles. The van der Waals surface area contributed by atoms with Crippen LogP contribution in [0.5, 0.6) is 0 Å². The van der Waals surface area contributed by atoms with E-state index in [9.17, 15) is 0 Å². The number of hydrogen-bond acceptors (Lipinski definition) is 5. The molecule has 1 aliphatic heterocycles. The molecule has 1 atom stereocenters. The van der Waals surface area contributed by atoms with Crippen molar-refractivity contribution in [3.63, 3.8) is 0 Å². The first-order valence-corrected chi connectivity index (χ1v) is 10.9. The second-order valence-electron chi connectivity index (χ2n) is 8.45. The van der Waals surface area contributed by atoms with Crippen LogP contribution < -0.4 is 4.90 Å². The number of nitrogens with zero attached hydrogens (tertiary/aromatic N) is 4. The molecule has 0 amide bonds. The lowest BCUT2D eigenvalue weighted by Gasteiger charge is -2.27. The summed E-state index contributed by atoms with van der Waals surface area (Å²) in [6.45, 7) is 9.87. The molecule has 4 rings (SSSR count). The maximum absolute atomic E-state index is 5.85. The van der Waals surface area contributed by atoms with E-state index in [0.29, 0.717) is 12.1 Å². The molecule has 0 spiro atoms. The fourth-order valence-electron chi connectivity index (χ4n) is 4.17. The van der Waals surface area contributed by atoms with E-state index in [1.54, 1.807) is 0 Å². The summed E-state index contributed by atoms with van der Waals surface area (Å²) in [5, 5.41) is 0. The van der Waals surface area contributed by atoms with Crippen molar-refractivity contribution in [2.45, 2.75) is 65.1 Å². The minimum absolute atomic E-state index is 0.483. The summed E-state index contributed by atoms with van der Waals surface area (Å²) >= 11 is 0. The Bertz CT molecular complexity index is 885. The van der Waals surface area contributed by atoms with Crippen LogP contribution in [-0.4, -0.2) is 40.0 Å². The van der Waals surface area contributed by atoms with Gasteiger partial charge in [-0.2, -0.15) is 0 Å². The molecule has 5 nitrogen and oxygen atoms in total. The maximum atomic E-state index is 5.85. The topological polar surface area (TPSA) is 45.4 Å². The van der Waals surface area contributed by atoms with Gasteiger partial charge in [-0.05, 0) is 70.3 Å². The normalized spacial score (nSPS) is 17.1. The molecule has 154 valence electrons. The van der Waals surface area contributed by atoms with Crippen LogP contribution in [0.15, 0.2) is 47.0 Å². The number of hydrogen-bond donors (Lipinski definition) is 0. The Hall–Kier alpha value is -2.40. The molecule has 0 bridgehead atoms. The van der Waals surface area contributed by atoms with Crippen molar-refractivity contribution in [3.05, 3.63) is 54.0 Å². The molecule has 29 heavy (non-hydrogen) atoms. The van der Waals surface area contributed by atoms with E-state index in [1.807, 2.05) is 24.3 Å². The Balaban J connectivity index is 1.32. The van der Waals surface area contributed by atoms with Gasteiger partial charge in [-0.25, -0.2) is 9.97 Å². The van der Waals surface area contributed by atoms with Gasteiger partial charge in [-0.1, -0.05) is 18.2 Å². The average Bonchev–Trinajstić information content (AvgIpc) is 3.33. The quantitative estimate of drug-likeness (QED) is 0.536. The average molecular weight is 393 g/mol. The summed E-state index contributed by atoms with van der Waals surface area (Å²) in [6.07, 6.45) is 6.48. The number of aryl methyl sites for hydroxylation is 1. The van der Waals surface area contributed by atoms with Gasteiger partial charge in [-0.15, -0.1) is 0 Å². The Morgan fingerprint density at radius 1 is 1.21 bits per heavy atom. The Kier molecular flexibility index (Phi) is 6.14. The number of rotatable bonds is 8. The van der Waals surface area contributed by atoms with Gasteiger partial charge in [0.1, 0.15) is 11.3 Å². The lowest BCUT2D eigenvalue weighted by Crippen LogP contribution is -2.32. The maximum Gasteiger partial charge on any atom is 0.195 e. The zero-order valence-electron chi connectivity index (χ0n) is 17.8. The van der Waals surface area contributed by atoms with Crippen molar-refractivity contribution in [2.75, 3.05) is 18.0 Å². The summed E-state index contributed by atoms with van der Waals surface area (Å²) < 4.78 is 5.85. The predicted molar refractivity (Wildman–Crippen MR) is 118 cm³/mol. The van der Waals surface area contributed by atoms with E-state index in [0.717, 1.165) is 55.3 Å². The summed E-state index contributed by atoms with van der Waals surface area (Å²) in [4.78, 5) is 14.3. The van der Waals surface area contributed by atoms with Gasteiger partial charge < -0.3 is 9.32 Å². The van der Waals surface area contributed by atoms with Crippen molar-refractivity contribution < 1.29 is 4.42 Å². The minimum atomic E-state index is 0.483. The molecule has 1 aliphatic rings. The number of aromatic nitrogens is 2. The number of fused-ring (bicyclic) bond motifs is 1. The zero-order valence-corrected chi connectivity index (χ0v) is 17.8. The van der Waals surface area contributed by atoms with Crippen LogP contribution in [-0.2, 0) is 13.0 Å². The van der Waals surface area contributed by atoms with E-state index in [4.69, 9.17) is 9.40 Å². The fourth-order valence-corrected chi connectivity index (χ4v) is 4.17. The first-order chi connectivity index (χ1) is 14.1. The van der Waals surface area contributed by atoms with Crippen LogP contribution in [0.3, 0.4) is 0 Å². The van der Waals surface area contributed by atoms with Crippen molar-refractivity contribution in [2.24, 2.45) is 0 Å². The third kappa shape index (κ3) is 4.78. The minimum Gasteiger partial charge on any atom is -0.441 e. The second-order valence-corrected chi connectivity index (χ2v) is 8.45. The summed E-state index contributed by atoms with van der Waals surface area (Å²) in [5.74, 6) is 1.95. The van der Waals surface area contributed by atoms with Gasteiger partial charge in [0, 0.05) is 37.8 Å². The van der Waals surface area contributed by atoms with Gasteiger partial charge in [0.2, 0.25) is 0 Å². The molecular formula is C24H32N4O. The van der Waals surface area contributed by atoms with Crippen LogP contribution in [0.2, 0.25) is 0 Å². The Labute approximate surface area is 173 Å². The van der Waals surface area contributed by atoms with E-state index < -0.39 is 0 Å². The molecule has 1 fully saturated rings. The monoisotopic (exact) mass is 392 g/mol. The fraction of sp³-hybridized carbons (Fsp3) is 0.500. The number of anilines is 1. The number of oxazole rings is 1. The van der Waals surface area contributed by atoms with E-state index in [2.05, 4.69) is 53.9 Å². The zero-order chi connectivity index (χ0) is 20.2. The number of pyridine rings is 1. The summed E-state index contributed by atoms with van der Waals surface area (Å²) in [5.41, 5.74) is 3.10. The van der Waals surface area contributed by atoms with E-state index in [1.165, 1.54) is 18.4 Å². The van der Waals surface area contributed by atoms with Gasteiger partial charge in [0.25, 0.3) is 0 Å². The van der Waals surface area contributed by atoms with Crippen molar-refractivity contribution in [1.82, 2.24) is 14.9 Å². The van der Waals surface area contributed by atoms with Crippen LogP contribution in [0.1, 0.15) is 51.5 Å². The molecule has 1 aromatic carbocycles. The number of benzene rings is 1. The molecule has 1 saturated heterocycles. The van der Waals surface area contributed by atoms with Crippen molar-refractivity contribution in [3.8, 4) is 0 Å². The first-order valence-electron chi connectivity index (χ1n) is 10.9. The second kappa shape index (κ2) is 8.95. The lowest BCUT2D eigenvalue weighted by atomic mass is 10.2. The van der Waals surface area contributed by atoms with Gasteiger partial charge >= 0.3 is 0 Å². The van der Waals surface area contributed by atoms with Crippen LogP contribution in [0, 0.1) is 0 Å². The van der Waals surface area contributed by atoms with Crippen LogP contribution in [0.4, 0.5) is 5.82 Å². The number of para-hydroxylation sites is 2. The molecule has 2 aromatic heterocycles. The standard InChI is InChI=1S/C24H32N4O/c1-18(2)27(14-7-11-24-26-21-9-4-5-10-22(21)29-24)17-20-12-13-23(25-16-20)28-15-6-8-19(28)3/h4-5,9-10,12-13,16,18-19H,6-8,11,14-15,17H2,1-3H3/t19-/m1/s1. The molecule has 0 aliphatic carbocycles. The Morgan fingerprint density at radius 2 is 2.07 bits per heavy atom. The van der Waals surface area contributed by atoms with E-state index >= 15 is 0 Å². The highest BCUT2D eigenvalue weighted by Crippen LogP contribution is 2.23. The summed E-state index contributed by atoms with van der Waals surface area (Å²) in [6, 6.07) is 13.5. The smallest absolute Gasteiger partial charge is 0.195 e. The first kappa shape index (κ1) is 19.9. The van der Waals surface area contributed by atoms with Crippen molar-refractivity contribution >= 4 is 16.9 Å². The van der Waals surface area contributed by atoms with Crippen molar-refractivity contribution in [1.29, 1.82) is 0 Å².